The quantitative estimate of drug-likeness (QED) is 0.706. The highest BCUT2D eigenvalue weighted by atomic mass is 32.2. The molecule has 2 N–H and O–H groups in total. The number of nitrogens with zero attached hydrogens (tertiary/aromatic N) is 1. The van der Waals surface area contributed by atoms with E-state index in [-0.39, 0.29) is 10.5 Å². The van der Waals surface area contributed by atoms with E-state index in [0.717, 1.165) is 16.5 Å². The first-order valence-electron chi connectivity index (χ1n) is 6.33. The van der Waals surface area contributed by atoms with Crippen LogP contribution in [0.2, 0.25) is 0 Å². The van der Waals surface area contributed by atoms with Crippen LogP contribution in [-0.2, 0) is 10.0 Å². The lowest BCUT2D eigenvalue weighted by Gasteiger charge is -2.14. The largest absolute Gasteiger partial charge is 0.478 e. The zero-order valence-corrected chi connectivity index (χ0v) is 13.9. The molecule has 1 rings (SSSR count). The summed E-state index contributed by atoms with van der Waals surface area (Å²) < 4.78 is 25.1. The number of hydrogen-bond donors (Lipinski definition) is 2. The molecule has 1 aromatic rings. The Balaban J connectivity index is 3.06. The van der Waals surface area contributed by atoms with E-state index in [9.17, 15) is 18.3 Å². The molecule has 0 fully saturated rings. The van der Waals surface area contributed by atoms with Gasteiger partial charge in [-0.2, -0.15) is 11.8 Å². The van der Waals surface area contributed by atoms with Gasteiger partial charge in [-0.05, 0) is 36.6 Å². The average molecular weight is 332 g/mol. The van der Waals surface area contributed by atoms with Crippen LogP contribution in [-0.4, -0.2) is 56.4 Å². The smallest absolute Gasteiger partial charge is 0.337 e. The summed E-state index contributed by atoms with van der Waals surface area (Å²) in [5.74, 6) is -0.180. The highest BCUT2D eigenvalue weighted by Gasteiger charge is 2.20. The van der Waals surface area contributed by atoms with E-state index >= 15 is 0 Å². The number of benzene rings is 1. The summed E-state index contributed by atoms with van der Waals surface area (Å²) in [7, 11) is -0.826. The maximum absolute atomic E-state index is 12.0. The van der Waals surface area contributed by atoms with Crippen molar-refractivity contribution in [3.05, 3.63) is 23.8 Å². The van der Waals surface area contributed by atoms with Crippen LogP contribution < -0.4 is 5.32 Å². The molecule has 0 aromatic heterocycles. The molecule has 0 aliphatic rings. The van der Waals surface area contributed by atoms with Gasteiger partial charge in [-0.1, -0.05) is 0 Å². The summed E-state index contributed by atoms with van der Waals surface area (Å²) in [4.78, 5) is 11.3. The van der Waals surface area contributed by atoms with Gasteiger partial charge < -0.3 is 10.4 Å². The van der Waals surface area contributed by atoms with E-state index in [1.807, 2.05) is 6.26 Å². The standard InChI is InChI=1S/C13H20N2O4S2/c1-15(2)21(18,19)10-5-6-12(11(9-10)13(16)17)14-7-4-8-20-3/h5-6,9,14H,4,7-8H2,1-3H3,(H,16,17). The molecule has 21 heavy (non-hydrogen) atoms. The average Bonchev–Trinajstić information content (AvgIpc) is 2.43. The van der Waals surface area contributed by atoms with Gasteiger partial charge in [-0.3, -0.25) is 0 Å². The molecule has 0 unspecified atom stereocenters. The minimum atomic E-state index is -3.64. The van der Waals surface area contributed by atoms with E-state index in [4.69, 9.17) is 0 Å². The maximum atomic E-state index is 12.0. The van der Waals surface area contributed by atoms with Gasteiger partial charge in [0, 0.05) is 26.3 Å². The van der Waals surface area contributed by atoms with Crippen molar-refractivity contribution in [2.45, 2.75) is 11.3 Å². The molecule has 0 saturated heterocycles. The van der Waals surface area contributed by atoms with E-state index in [1.165, 1.54) is 32.3 Å². The Morgan fingerprint density at radius 3 is 2.57 bits per heavy atom. The molecule has 0 heterocycles. The van der Waals surface area contributed by atoms with Crippen LogP contribution in [0.1, 0.15) is 16.8 Å². The second kappa shape index (κ2) is 7.67. The molecule has 8 heteroatoms. The van der Waals surface area contributed by atoms with Crippen LogP contribution in [0, 0.1) is 0 Å². The monoisotopic (exact) mass is 332 g/mol. The molecule has 0 atom stereocenters. The zero-order chi connectivity index (χ0) is 16.0. The van der Waals surface area contributed by atoms with Crippen molar-refractivity contribution in [2.75, 3.05) is 38.0 Å². The van der Waals surface area contributed by atoms with Crippen LogP contribution in [0.15, 0.2) is 23.1 Å². The second-order valence-corrected chi connectivity index (χ2v) is 7.71. The first-order valence-corrected chi connectivity index (χ1v) is 9.16. The summed E-state index contributed by atoms with van der Waals surface area (Å²) in [6.45, 7) is 0.640. The Morgan fingerprint density at radius 1 is 1.38 bits per heavy atom. The van der Waals surface area contributed by atoms with Crippen LogP contribution in [0.5, 0.6) is 0 Å². The molecule has 0 aliphatic heterocycles. The minimum absolute atomic E-state index is 0.0282. The Hall–Kier alpha value is -1.25. The third-order valence-electron chi connectivity index (χ3n) is 2.84. The summed E-state index contributed by atoms with van der Waals surface area (Å²) in [5, 5.41) is 12.3. The van der Waals surface area contributed by atoms with Gasteiger partial charge in [-0.25, -0.2) is 17.5 Å². The number of sulfonamides is 1. The topological polar surface area (TPSA) is 86.7 Å². The fourth-order valence-electron chi connectivity index (χ4n) is 1.67. The first-order chi connectivity index (χ1) is 9.80. The minimum Gasteiger partial charge on any atom is -0.478 e. The normalized spacial score (nSPS) is 11.6. The molecule has 1 aromatic carbocycles. The van der Waals surface area contributed by atoms with Crippen molar-refractivity contribution in [1.29, 1.82) is 0 Å². The van der Waals surface area contributed by atoms with Crippen molar-refractivity contribution in [2.24, 2.45) is 0 Å². The van der Waals surface area contributed by atoms with Gasteiger partial charge >= 0.3 is 5.97 Å². The number of hydrogen-bond acceptors (Lipinski definition) is 5. The third kappa shape index (κ3) is 4.62. The Bertz CT molecular complexity index is 600. The van der Waals surface area contributed by atoms with Crippen molar-refractivity contribution in [3.63, 3.8) is 0 Å². The fourth-order valence-corrected chi connectivity index (χ4v) is 3.03. The molecular weight excluding hydrogens is 312 g/mol. The first kappa shape index (κ1) is 17.8. The molecule has 0 saturated carbocycles. The second-order valence-electron chi connectivity index (χ2n) is 4.57. The number of carbonyl (C=O) groups is 1. The van der Waals surface area contributed by atoms with Gasteiger partial charge in [-0.15, -0.1) is 0 Å². The maximum Gasteiger partial charge on any atom is 0.337 e. The lowest BCUT2D eigenvalue weighted by molar-refractivity contribution is 0.0697. The van der Waals surface area contributed by atoms with Gasteiger partial charge in [0.15, 0.2) is 0 Å². The molecule has 118 valence electrons. The number of anilines is 1. The predicted molar refractivity (Wildman–Crippen MR) is 85.8 cm³/mol. The van der Waals surface area contributed by atoms with Crippen LogP contribution >= 0.6 is 11.8 Å². The number of carboxylic acid groups (broad SMARTS) is 1. The Kier molecular flexibility index (Phi) is 6.50. The Labute approximate surface area is 129 Å². The van der Waals surface area contributed by atoms with Gasteiger partial charge in [0.05, 0.1) is 10.5 Å². The van der Waals surface area contributed by atoms with Gasteiger partial charge in [0.25, 0.3) is 0 Å². The van der Waals surface area contributed by atoms with Gasteiger partial charge in [0.2, 0.25) is 10.0 Å². The fraction of sp³-hybridized carbons (Fsp3) is 0.462. The number of thioether (sulfide) groups is 1. The van der Waals surface area contributed by atoms with E-state index in [2.05, 4.69) is 5.32 Å². The predicted octanol–water partition coefficient (Wildman–Crippen LogP) is 1.80. The van der Waals surface area contributed by atoms with E-state index in [0.29, 0.717) is 12.2 Å². The summed E-state index contributed by atoms with van der Waals surface area (Å²) in [6.07, 6.45) is 2.90. The zero-order valence-electron chi connectivity index (χ0n) is 12.3. The molecule has 0 amide bonds. The molecular formula is C13H20N2O4S2. The summed E-state index contributed by atoms with van der Waals surface area (Å²) in [6, 6.07) is 4.10. The lowest BCUT2D eigenvalue weighted by Crippen LogP contribution is -2.22. The lowest BCUT2D eigenvalue weighted by atomic mass is 10.2. The third-order valence-corrected chi connectivity index (χ3v) is 5.35. The van der Waals surface area contributed by atoms with Crippen LogP contribution in [0.3, 0.4) is 0 Å². The van der Waals surface area contributed by atoms with E-state index in [1.54, 1.807) is 11.8 Å². The molecule has 0 bridgehead atoms. The van der Waals surface area contributed by atoms with Crippen molar-refractivity contribution in [1.82, 2.24) is 4.31 Å². The van der Waals surface area contributed by atoms with Crippen LogP contribution in [0.4, 0.5) is 5.69 Å². The summed E-state index contributed by atoms with van der Waals surface area (Å²) in [5.41, 5.74) is 0.392. The van der Waals surface area contributed by atoms with Crippen molar-refractivity contribution >= 4 is 33.4 Å². The number of aromatic carboxylic acids is 1. The van der Waals surface area contributed by atoms with Gasteiger partial charge in [0.1, 0.15) is 0 Å². The highest BCUT2D eigenvalue weighted by Crippen LogP contribution is 2.22. The SMILES string of the molecule is CSCCCNc1ccc(S(=O)(=O)N(C)C)cc1C(=O)O. The molecule has 6 nitrogen and oxygen atoms in total. The summed E-state index contributed by atoms with van der Waals surface area (Å²) >= 11 is 1.72. The molecule has 0 spiro atoms. The Morgan fingerprint density at radius 2 is 2.05 bits per heavy atom. The van der Waals surface area contributed by atoms with E-state index < -0.39 is 16.0 Å². The number of rotatable bonds is 8. The molecule has 0 aliphatic carbocycles. The van der Waals surface area contributed by atoms with Crippen molar-refractivity contribution < 1.29 is 18.3 Å². The van der Waals surface area contributed by atoms with Crippen molar-refractivity contribution in [3.8, 4) is 0 Å². The van der Waals surface area contributed by atoms with Crippen LogP contribution in [0.25, 0.3) is 0 Å². The number of nitrogens with one attached hydrogen (secondary N) is 1. The highest BCUT2D eigenvalue weighted by molar-refractivity contribution is 7.98. The number of carboxylic acids is 1. The molecule has 0 radical (unpaired) electrons.